The lowest BCUT2D eigenvalue weighted by Crippen LogP contribution is -3.00. The first kappa shape index (κ1) is 15.5. The van der Waals surface area contributed by atoms with Crippen molar-refractivity contribution in [3.8, 4) is 0 Å². The smallest absolute Gasteiger partial charge is 0.285 e. The third-order valence-corrected chi connectivity index (χ3v) is 2.61. The van der Waals surface area contributed by atoms with Crippen LogP contribution in [0, 0.1) is 20.2 Å². The molecule has 0 unspecified atom stereocenters. The number of halogens is 1. The Labute approximate surface area is 120 Å². The van der Waals surface area contributed by atoms with Gasteiger partial charge in [-0.3, -0.25) is 20.2 Å². The maximum absolute atomic E-state index is 11.0. The van der Waals surface area contributed by atoms with Crippen molar-refractivity contribution < 1.29 is 26.8 Å². The standard InChI is InChI=1S/C12H10N3O4.ClH/c16-14(17)11-5-4-10(12(8-11)15(18)19)9-13-6-2-1-3-7-13;/h1-8H,9H2;1H/q+1;/p-1. The molecule has 0 aliphatic rings. The molecule has 20 heavy (non-hydrogen) atoms. The fourth-order valence-electron chi connectivity index (χ4n) is 1.71. The third kappa shape index (κ3) is 3.48. The van der Waals surface area contributed by atoms with E-state index in [4.69, 9.17) is 0 Å². The predicted octanol–water partition coefficient (Wildman–Crippen LogP) is -1.16. The minimum absolute atomic E-state index is 0. The fraction of sp³-hybridized carbons (Fsp3) is 0.0833. The summed E-state index contributed by atoms with van der Waals surface area (Å²) < 4.78 is 1.76. The van der Waals surface area contributed by atoms with Crippen LogP contribution in [0.3, 0.4) is 0 Å². The molecular formula is C12H10ClN3O4. The summed E-state index contributed by atoms with van der Waals surface area (Å²) in [4.78, 5) is 20.3. The number of hydrogen-bond donors (Lipinski definition) is 0. The van der Waals surface area contributed by atoms with E-state index in [0.29, 0.717) is 5.56 Å². The van der Waals surface area contributed by atoms with Gasteiger partial charge in [-0.25, -0.2) is 4.57 Å². The number of rotatable bonds is 4. The first-order valence-electron chi connectivity index (χ1n) is 5.44. The molecule has 0 atom stereocenters. The van der Waals surface area contributed by atoms with Crippen LogP contribution in [-0.4, -0.2) is 9.85 Å². The zero-order valence-electron chi connectivity index (χ0n) is 10.2. The molecule has 2 aromatic rings. The molecule has 0 spiro atoms. The molecule has 0 aliphatic heterocycles. The molecular weight excluding hydrogens is 286 g/mol. The summed E-state index contributed by atoms with van der Waals surface area (Å²) in [5.74, 6) is 0. The number of aromatic nitrogens is 1. The maximum Gasteiger partial charge on any atom is 0.285 e. The Kier molecular flexibility index (Phi) is 5.10. The van der Waals surface area contributed by atoms with Crippen LogP contribution >= 0.6 is 0 Å². The molecule has 0 bridgehead atoms. The van der Waals surface area contributed by atoms with Crippen molar-refractivity contribution in [2.45, 2.75) is 6.54 Å². The molecule has 104 valence electrons. The lowest BCUT2D eigenvalue weighted by molar-refractivity contribution is -0.688. The average molecular weight is 296 g/mol. The van der Waals surface area contributed by atoms with Crippen molar-refractivity contribution in [1.29, 1.82) is 0 Å². The molecule has 0 amide bonds. The van der Waals surface area contributed by atoms with Crippen molar-refractivity contribution >= 4 is 11.4 Å². The summed E-state index contributed by atoms with van der Waals surface area (Å²) >= 11 is 0. The number of non-ortho nitro benzene ring substituents is 1. The monoisotopic (exact) mass is 295 g/mol. The summed E-state index contributed by atoms with van der Waals surface area (Å²) in [5.41, 5.74) is -0.106. The molecule has 0 saturated heterocycles. The summed E-state index contributed by atoms with van der Waals surface area (Å²) in [7, 11) is 0. The zero-order chi connectivity index (χ0) is 13.8. The molecule has 1 heterocycles. The Balaban J connectivity index is 0.00000200. The molecule has 0 fully saturated rings. The molecule has 1 aromatic carbocycles. The van der Waals surface area contributed by atoms with Crippen LogP contribution in [0.5, 0.6) is 0 Å². The Morgan fingerprint density at radius 2 is 1.65 bits per heavy atom. The van der Waals surface area contributed by atoms with Gasteiger partial charge in [0, 0.05) is 18.2 Å². The van der Waals surface area contributed by atoms with Crippen molar-refractivity contribution in [3.63, 3.8) is 0 Å². The quantitative estimate of drug-likeness (QED) is 0.404. The number of pyridine rings is 1. The molecule has 0 N–H and O–H groups in total. The average Bonchev–Trinajstić information content (AvgIpc) is 2.39. The van der Waals surface area contributed by atoms with Gasteiger partial charge < -0.3 is 12.4 Å². The van der Waals surface area contributed by atoms with Crippen LogP contribution in [0.25, 0.3) is 0 Å². The molecule has 7 nitrogen and oxygen atoms in total. The van der Waals surface area contributed by atoms with E-state index >= 15 is 0 Å². The van der Waals surface area contributed by atoms with Crippen molar-refractivity contribution in [1.82, 2.24) is 0 Å². The Morgan fingerprint density at radius 3 is 2.20 bits per heavy atom. The molecule has 0 saturated carbocycles. The van der Waals surface area contributed by atoms with Gasteiger partial charge >= 0.3 is 0 Å². The summed E-state index contributed by atoms with van der Waals surface area (Å²) in [6.07, 6.45) is 3.54. The van der Waals surface area contributed by atoms with Crippen LogP contribution in [0.4, 0.5) is 11.4 Å². The van der Waals surface area contributed by atoms with Gasteiger partial charge in [-0.15, -0.1) is 0 Å². The summed E-state index contributed by atoms with van der Waals surface area (Å²) in [6, 6.07) is 9.11. The van der Waals surface area contributed by atoms with E-state index in [9.17, 15) is 20.2 Å². The Morgan fingerprint density at radius 1 is 1.00 bits per heavy atom. The van der Waals surface area contributed by atoms with Crippen LogP contribution in [0.2, 0.25) is 0 Å². The van der Waals surface area contributed by atoms with E-state index in [1.807, 2.05) is 6.07 Å². The molecule has 0 aliphatic carbocycles. The summed E-state index contributed by atoms with van der Waals surface area (Å²) in [6.45, 7) is 0.287. The van der Waals surface area contributed by atoms with Gasteiger partial charge in [0.15, 0.2) is 18.9 Å². The number of nitro benzene ring substituents is 2. The van der Waals surface area contributed by atoms with Crippen molar-refractivity contribution in [2.24, 2.45) is 0 Å². The normalized spacial score (nSPS) is 9.60. The number of nitro groups is 2. The first-order chi connectivity index (χ1) is 9.08. The minimum Gasteiger partial charge on any atom is -1.00 e. The second-order valence-electron chi connectivity index (χ2n) is 3.88. The molecule has 8 heteroatoms. The lowest BCUT2D eigenvalue weighted by atomic mass is 10.1. The molecule has 2 rings (SSSR count). The Hall–Kier alpha value is -2.54. The van der Waals surface area contributed by atoms with E-state index in [-0.39, 0.29) is 30.3 Å². The highest BCUT2D eigenvalue weighted by atomic mass is 35.5. The van der Waals surface area contributed by atoms with Gasteiger partial charge in [-0.2, -0.15) is 0 Å². The van der Waals surface area contributed by atoms with Gasteiger partial charge in [-0.1, -0.05) is 6.07 Å². The highest BCUT2D eigenvalue weighted by Gasteiger charge is 2.21. The van der Waals surface area contributed by atoms with Crippen molar-refractivity contribution in [3.05, 3.63) is 74.6 Å². The second kappa shape index (κ2) is 6.58. The molecule has 1 aromatic heterocycles. The van der Waals surface area contributed by atoms with E-state index in [1.165, 1.54) is 12.1 Å². The zero-order valence-corrected chi connectivity index (χ0v) is 10.9. The number of hydrogen-bond acceptors (Lipinski definition) is 4. The van der Waals surface area contributed by atoms with Crippen LogP contribution in [0.1, 0.15) is 5.56 Å². The fourth-order valence-corrected chi connectivity index (χ4v) is 1.71. The van der Waals surface area contributed by atoms with E-state index < -0.39 is 9.85 Å². The Bertz CT molecular complexity index is 634. The maximum atomic E-state index is 11.0. The minimum atomic E-state index is -0.646. The van der Waals surface area contributed by atoms with Gasteiger partial charge in [0.05, 0.1) is 21.5 Å². The van der Waals surface area contributed by atoms with Gasteiger partial charge in [-0.05, 0) is 6.07 Å². The van der Waals surface area contributed by atoms with Gasteiger partial charge in [0.25, 0.3) is 11.4 Å². The second-order valence-corrected chi connectivity index (χ2v) is 3.88. The highest BCUT2D eigenvalue weighted by Crippen LogP contribution is 2.24. The van der Waals surface area contributed by atoms with Crippen LogP contribution < -0.4 is 17.0 Å². The SMILES string of the molecule is O=[N+]([O-])c1ccc(C[n+]2ccccc2)c([N+](=O)[O-])c1.[Cl-]. The lowest BCUT2D eigenvalue weighted by Gasteiger charge is -2.00. The first-order valence-corrected chi connectivity index (χ1v) is 5.44. The topological polar surface area (TPSA) is 90.2 Å². The predicted molar refractivity (Wildman–Crippen MR) is 65.5 cm³/mol. The van der Waals surface area contributed by atoms with E-state index in [2.05, 4.69) is 0 Å². The largest absolute Gasteiger partial charge is 1.00 e. The summed E-state index contributed by atoms with van der Waals surface area (Å²) in [5, 5.41) is 21.6. The highest BCUT2D eigenvalue weighted by molar-refractivity contribution is 5.48. The number of nitrogens with zero attached hydrogens (tertiary/aromatic N) is 3. The van der Waals surface area contributed by atoms with Crippen LogP contribution in [0.15, 0.2) is 48.8 Å². The third-order valence-electron chi connectivity index (χ3n) is 2.61. The molecule has 0 radical (unpaired) electrons. The van der Waals surface area contributed by atoms with E-state index in [0.717, 1.165) is 6.07 Å². The van der Waals surface area contributed by atoms with Crippen LogP contribution in [-0.2, 0) is 6.54 Å². The number of benzene rings is 1. The van der Waals surface area contributed by atoms with E-state index in [1.54, 1.807) is 29.1 Å². The van der Waals surface area contributed by atoms with Gasteiger partial charge in [0.1, 0.15) is 0 Å². The van der Waals surface area contributed by atoms with Crippen molar-refractivity contribution in [2.75, 3.05) is 0 Å². The van der Waals surface area contributed by atoms with Gasteiger partial charge in [0.2, 0.25) is 0 Å².